The molecule has 0 radical (unpaired) electrons. The van der Waals surface area contributed by atoms with Crippen LogP contribution in [-0.4, -0.2) is 59.6 Å². The summed E-state index contributed by atoms with van der Waals surface area (Å²) in [6, 6.07) is -0.487. The van der Waals surface area contributed by atoms with Gasteiger partial charge in [0.15, 0.2) is 0 Å². The summed E-state index contributed by atoms with van der Waals surface area (Å²) in [7, 11) is 1.72. The third kappa shape index (κ3) is 4.88. The minimum atomic E-state index is -0.514. The van der Waals surface area contributed by atoms with Crippen molar-refractivity contribution in [3.05, 3.63) is 0 Å². The van der Waals surface area contributed by atoms with Gasteiger partial charge >= 0.3 is 6.09 Å². The van der Waals surface area contributed by atoms with Gasteiger partial charge in [-0.3, -0.25) is 4.79 Å². The highest BCUT2D eigenvalue weighted by molar-refractivity contribution is 5.82. The lowest BCUT2D eigenvalue weighted by atomic mass is 10.0. The van der Waals surface area contributed by atoms with Crippen LogP contribution in [0.2, 0.25) is 0 Å². The highest BCUT2D eigenvalue weighted by Gasteiger charge is 2.34. The van der Waals surface area contributed by atoms with Crippen LogP contribution in [0, 0.1) is 5.92 Å². The zero-order chi connectivity index (χ0) is 16.4. The zero-order valence-electron chi connectivity index (χ0n) is 14.0. The molecule has 6 heteroatoms. The molecular formula is C15H29N3O3. The van der Waals surface area contributed by atoms with E-state index >= 15 is 0 Å². The molecule has 2 atom stereocenters. The largest absolute Gasteiger partial charge is 0.444 e. The first kappa shape index (κ1) is 17.8. The molecule has 0 spiro atoms. The quantitative estimate of drug-likeness (QED) is 0.855. The van der Waals surface area contributed by atoms with Crippen molar-refractivity contribution >= 4 is 12.0 Å². The van der Waals surface area contributed by atoms with E-state index in [-0.39, 0.29) is 24.0 Å². The van der Waals surface area contributed by atoms with Crippen LogP contribution in [-0.2, 0) is 9.53 Å². The molecule has 2 N–H and O–H groups in total. The molecular weight excluding hydrogens is 270 g/mol. The van der Waals surface area contributed by atoms with E-state index in [1.54, 1.807) is 16.8 Å². The summed E-state index contributed by atoms with van der Waals surface area (Å²) in [6.07, 6.45) is 0.404. The number of hydrogen-bond acceptors (Lipinski definition) is 4. The van der Waals surface area contributed by atoms with Crippen molar-refractivity contribution in [3.63, 3.8) is 0 Å². The van der Waals surface area contributed by atoms with Gasteiger partial charge in [0.1, 0.15) is 5.60 Å². The van der Waals surface area contributed by atoms with Gasteiger partial charge in [-0.15, -0.1) is 0 Å². The second-order valence-electron chi connectivity index (χ2n) is 7.09. The lowest BCUT2D eigenvalue weighted by Gasteiger charge is -2.29. The Bertz CT molecular complexity index is 390. The predicted octanol–water partition coefficient (Wildman–Crippen LogP) is 1.44. The maximum Gasteiger partial charge on any atom is 0.410 e. The highest BCUT2D eigenvalue weighted by atomic mass is 16.6. The number of likely N-dealkylation sites (tertiary alicyclic amines) is 1. The van der Waals surface area contributed by atoms with Gasteiger partial charge in [0.05, 0.1) is 12.1 Å². The van der Waals surface area contributed by atoms with Crippen molar-refractivity contribution in [2.24, 2.45) is 11.7 Å². The van der Waals surface area contributed by atoms with Gasteiger partial charge in [0.2, 0.25) is 5.91 Å². The molecule has 1 fully saturated rings. The van der Waals surface area contributed by atoms with E-state index in [0.717, 1.165) is 6.42 Å². The van der Waals surface area contributed by atoms with E-state index in [0.29, 0.717) is 13.1 Å². The minimum Gasteiger partial charge on any atom is -0.444 e. The molecule has 6 nitrogen and oxygen atoms in total. The average Bonchev–Trinajstić information content (AvgIpc) is 2.83. The van der Waals surface area contributed by atoms with Crippen LogP contribution in [0.15, 0.2) is 0 Å². The van der Waals surface area contributed by atoms with Crippen LogP contribution in [0.3, 0.4) is 0 Å². The lowest BCUT2D eigenvalue weighted by molar-refractivity contribution is -0.132. The zero-order valence-corrected chi connectivity index (χ0v) is 14.0. The topological polar surface area (TPSA) is 75.9 Å². The molecule has 21 heavy (non-hydrogen) atoms. The molecule has 0 bridgehead atoms. The Kier molecular flexibility index (Phi) is 5.61. The van der Waals surface area contributed by atoms with E-state index in [1.165, 1.54) is 0 Å². The molecule has 1 heterocycles. The Balaban J connectivity index is 2.58. The van der Waals surface area contributed by atoms with Crippen molar-refractivity contribution in [1.82, 2.24) is 9.80 Å². The molecule has 1 aliphatic heterocycles. The number of amides is 2. The van der Waals surface area contributed by atoms with Gasteiger partial charge in [-0.2, -0.15) is 0 Å². The molecule has 2 unspecified atom stereocenters. The van der Waals surface area contributed by atoms with Crippen LogP contribution in [0.5, 0.6) is 0 Å². The number of likely N-dealkylation sites (N-methyl/N-ethyl adjacent to an activating group) is 1. The van der Waals surface area contributed by atoms with Gasteiger partial charge in [-0.1, -0.05) is 13.8 Å². The van der Waals surface area contributed by atoms with Crippen molar-refractivity contribution < 1.29 is 14.3 Å². The first-order chi connectivity index (χ1) is 9.53. The highest BCUT2D eigenvalue weighted by Crippen LogP contribution is 2.19. The second-order valence-corrected chi connectivity index (χ2v) is 7.09. The van der Waals surface area contributed by atoms with Crippen molar-refractivity contribution in [2.75, 3.05) is 20.1 Å². The molecule has 0 aromatic heterocycles. The molecule has 0 aromatic rings. The van der Waals surface area contributed by atoms with E-state index in [2.05, 4.69) is 0 Å². The normalized spacial score (nSPS) is 20.6. The van der Waals surface area contributed by atoms with Crippen LogP contribution < -0.4 is 5.73 Å². The van der Waals surface area contributed by atoms with Gasteiger partial charge < -0.3 is 20.3 Å². The number of rotatable bonds is 3. The van der Waals surface area contributed by atoms with Crippen LogP contribution in [0.25, 0.3) is 0 Å². The van der Waals surface area contributed by atoms with E-state index in [9.17, 15) is 9.59 Å². The summed E-state index contributed by atoms with van der Waals surface area (Å²) in [6.45, 7) is 10.5. The SMILES string of the molecule is CC(C)C(N)C(=O)N1CCC(N(C)C(=O)OC(C)(C)C)C1. The predicted molar refractivity (Wildman–Crippen MR) is 81.8 cm³/mol. The molecule has 2 amide bonds. The summed E-state index contributed by atoms with van der Waals surface area (Å²) in [4.78, 5) is 27.6. The second kappa shape index (κ2) is 6.64. The molecule has 1 saturated heterocycles. The Morgan fingerprint density at radius 1 is 1.33 bits per heavy atom. The molecule has 0 aliphatic carbocycles. The molecule has 122 valence electrons. The van der Waals surface area contributed by atoms with Gasteiger partial charge in [-0.05, 0) is 33.1 Å². The van der Waals surface area contributed by atoms with E-state index in [4.69, 9.17) is 10.5 Å². The standard InChI is InChI=1S/C15H29N3O3/c1-10(2)12(16)13(19)18-8-7-11(9-18)17(6)14(20)21-15(3,4)5/h10-12H,7-9,16H2,1-6H3. The van der Waals surface area contributed by atoms with Crippen molar-refractivity contribution in [3.8, 4) is 0 Å². The van der Waals surface area contributed by atoms with E-state index in [1.807, 2.05) is 34.6 Å². The number of ether oxygens (including phenoxy) is 1. The lowest BCUT2D eigenvalue weighted by Crippen LogP contribution is -2.47. The molecule has 1 rings (SSSR count). The van der Waals surface area contributed by atoms with Crippen LogP contribution >= 0.6 is 0 Å². The summed E-state index contributed by atoms with van der Waals surface area (Å²) in [5.74, 6) is 0.0743. The number of hydrogen-bond donors (Lipinski definition) is 1. The fraction of sp³-hybridized carbons (Fsp3) is 0.867. The number of carbonyl (C=O) groups is 2. The first-order valence-electron chi connectivity index (χ1n) is 7.53. The number of nitrogens with zero attached hydrogens (tertiary/aromatic N) is 2. The van der Waals surface area contributed by atoms with Crippen molar-refractivity contribution in [2.45, 2.75) is 58.7 Å². The van der Waals surface area contributed by atoms with Crippen LogP contribution in [0.1, 0.15) is 41.0 Å². The minimum absolute atomic E-state index is 0.0110. The van der Waals surface area contributed by atoms with E-state index < -0.39 is 11.6 Å². The molecule has 0 aromatic carbocycles. The molecule has 0 saturated carbocycles. The summed E-state index contributed by atoms with van der Waals surface area (Å²) < 4.78 is 5.35. The smallest absolute Gasteiger partial charge is 0.410 e. The van der Waals surface area contributed by atoms with Crippen LogP contribution in [0.4, 0.5) is 4.79 Å². The Labute approximate surface area is 127 Å². The van der Waals surface area contributed by atoms with Gasteiger partial charge in [0.25, 0.3) is 0 Å². The first-order valence-corrected chi connectivity index (χ1v) is 7.53. The van der Waals surface area contributed by atoms with Crippen molar-refractivity contribution in [1.29, 1.82) is 0 Å². The monoisotopic (exact) mass is 299 g/mol. The summed E-state index contributed by atoms with van der Waals surface area (Å²) >= 11 is 0. The van der Waals surface area contributed by atoms with Gasteiger partial charge in [-0.25, -0.2) is 4.79 Å². The Morgan fingerprint density at radius 2 is 1.90 bits per heavy atom. The summed E-state index contributed by atoms with van der Waals surface area (Å²) in [5.41, 5.74) is 5.39. The number of nitrogens with two attached hydrogens (primary N) is 1. The fourth-order valence-corrected chi connectivity index (χ4v) is 2.24. The third-order valence-electron chi connectivity index (χ3n) is 3.71. The Hall–Kier alpha value is -1.30. The number of carbonyl (C=O) groups excluding carboxylic acids is 2. The fourth-order valence-electron chi connectivity index (χ4n) is 2.24. The third-order valence-corrected chi connectivity index (χ3v) is 3.71. The summed E-state index contributed by atoms with van der Waals surface area (Å²) in [5, 5.41) is 0. The maximum absolute atomic E-state index is 12.2. The Morgan fingerprint density at radius 3 is 2.38 bits per heavy atom. The molecule has 1 aliphatic rings. The maximum atomic E-state index is 12.2. The van der Waals surface area contributed by atoms with Gasteiger partial charge in [0, 0.05) is 20.1 Å². The average molecular weight is 299 g/mol.